The lowest BCUT2D eigenvalue weighted by Gasteiger charge is -2.25. The highest BCUT2D eigenvalue weighted by atomic mass is 16.5. The zero-order valence-electron chi connectivity index (χ0n) is 26.8. The second kappa shape index (κ2) is 17.5. The van der Waals surface area contributed by atoms with E-state index in [0.717, 1.165) is 16.7 Å². The number of methoxy groups -OCH3 is 3. The second-order valence-electron chi connectivity index (χ2n) is 10.6. The maximum absolute atomic E-state index is 13.7. The lowest BCUT2D eigenvalue weighted by Crippen LogP contribution is -2.43. The van der Waals surface area contributed by atoms with Gasteiger partial charge in [-0.15, -0.1) is 0 Å². The number of ether oxygens (including phenoxy) is 5. The van der Waals surface area contributed by atoms with Crippen LogP contribution in [0.1, 0.15) is 35.3 Å². The van der Waals surface area contributed by atoms with Gasteiger partial charge in [0.25, 0.3) is 0 Å². The second-order valence-corrected chi connectivity index (χ2v) is 10.6. The van der Waals surface area contributed by atoms with Crippen LogP contribution in [-0.4, -0.2) is 52.3 Å². The van der Waals surface area contributed by atoms with Crippen molar-refractivity contribution in [3.63, 3.8) is 0 Å². The van der Waals surface area contributed by atoms with Crippen molar-refractivity contribution in [1.29, 1.82) is 0 Å². The van der Waals surface area contributed by atoms with E-state index in [1.165, 1.54) is 6.92 Å². The minimum Gasteiger partial charge on any atom is -0.493 e. The molecule has 0 aliphatic rings. The third-order valence-corrected chi connectivity index (χ3v) is 7.39. The number of carbonyl (C=O) groups excluding carboxylic acids is 2. The van der Waals surface area contributed by atoms with Gasteiger partial charge in [-0.3, -0.25) is 4.79 Å². The summed E-state index contributed by atoms with van der Waals surface area (Å²) < 4.78 is 29.0. The molecular weight excluding hydrogens is 584 g/mol. The van der Waals surface area contributed by atoms with E-state index in [-0.39, 0.29) is 5.91 Å². The molecular formula is C37H42N2O7. The van der Waals surface area contributed by atoms with E-state index in [1.54, 1.807) is 21.3 Å². The van der Waals surface area contributed by atoms with Crippen molar-refractivity contribution >= 4 is 11.9 Å². The Bertz CT molecular complexity index is 1550. The van der Waals surface area contributed by atoms with E-state index < -0.39 is 18.1 Å². The Morgan fingerprint density at radius 3 is 2.02 bits per heavy atom. The maximum atomic E-state index is 13.7. The van der Waals surface area contributed by atoms with Gasteiger partial charge < -0.3 is 34.3 Å². The lowest BCUT2D eigenvalue weighted by atomic mass is 10.0. The molecule has 4 aromatic carbocycles. The summed E-state index contributed by atoms with van der Waals surface area (Å²) in [7, 11) is 4.75. The minimum atomic E-state index is -0.865. The van der Waals surface area contributed by atoms with Crippen LogP contribution in [0, 0.1) is 0 Å². The van der Waals surface area contributed by atoms with E-state index in [0.29, 0.717) is 61.1 Å². The molecule has 4 rings (SSSR count). The number of hydrogen-bond acceptors (Lipinski definition) is 8. The van der Waals surface area contributed by atoms with Gasteiger partial charge in [0.15, 0.2) is 11.5 Å². The molecule has 0 saturated carbocycles. The molecule has 0 fully saturated rings. The number of rotatable bonds is 17. The minimum absolute atomic E-state index is 0.296. The van der Waals surface area contributed by atoms with Gasteiger partial charge in [-0.1, -0.05) is 84.9 Å². The molecule has 0 spiro atoms. The third-order valence-electron chi connectivity index (χ3n) is 7.39. The first kappa shape index (κ1) is 33.9. The molecule has 0 saturated heterocycles. The number of nitrogens with one attached hydrogen (secondary N) is 2. The molecule has 0 aliphatic heterocycles. The number of para-hydroxylation sites is 1. The standard InChI is InChI=1S/C37H42N2O7/c1-26(40)39-31(23-27-13-7-5-8-14-27)37(41)46-34(30-17-11-12-18-32(30)45-25-28-15-9-6-10-16-28)24-38-22-21-29-19-20-33(42-2)36(44-4)35(29)43-3/h5-20,31,34,38H,21-25H2,1-4H3,(H,39,40)/t31-,34?/m0/s1. The number of carbonyl (C=O) groups is 2. The molecule has 2 N–H and O–H groups in total. The highest BCUT2D eigenvalue weighted by Crippen LogP contribution is 2.39. The fraction of sp³-hybridized carbons (Fsp3) is 0.297. The fourth-order valence-electron chi connectivity index (χ4n) is 5.16. The van der Waals surface area contributed by atoms with Crippen LogP contribution in [0.3, 0.4) is 0 Å². The van der Waals surface area contributed by atoms with Crippen LogP contribution in [-0.2, 0) is 33.8 Å². The topological polar surface area (TPSA) is 104 Å². The van der Waals surface area contributed by atoms with Gasteiger partial charge >= 0.3 is 5.97 Å². The van der Waals surface area contributed by atoms with Crippen molar-refractivity contribution in [2.24, 2.45) is 0 Å². The zero-order valence-corrected chi connectivity index (χ0v) is 26.8. The zero-order chi connectivity index (χ0) is 32.7. The van der Waals surface area contributed by atoms with Gasteiger partial charge in [-0.05, 0) is 41.8 Å². The Kier molecular flexibility index (Phi) is 12.9. The quantitative estimate of drug-likeness (QED) is 0.118. The Balaban J connectivity index is 1.54. The summed E-state index contributed by atoms with van der Waals surface area (Å²) in [5.41, 5.74) is 3.57. The van der Waals surface area contributed by atoms with E-state index in [4.69, 9.17) is 23.7 Å². The molecule has 9 nitrogen and oxygen atoms in total. The fourth-order valence-corrected chi connectivity index (χ4v) is 5.16. The molecule has 46 heavy (non-hydrogen) atoms. The molecule has 1 unspecified atom stereocenters. The van der Waals surface area contributed by atoms with E-state index in [1.807, 2.05) is 97.1 Å². The van der Waals surface area contributed by atoms with Gasteiger partial charge in [0, 0.05) is 25.5 Å². The van der Waals surface area contributed by atoms with Crippen LogP contribution in [0.25, 0.3) is 0 Å². The highest BCUT2D eigenvalue weighted by Gasteiger charge is 2.27. The lowest BCUT2D eigenvalue weighted by molar-refractivity contribution is -0.153. The smallest absolute Gasteiger partial charge is 0.329 e. The van der Waals surface area contributed by atoms with Crippen molar-refractivity contribution < 1.29 is 33.3 Å². The first-order chi connectivity index (χ1) is 22.4. The average Bonchev–Trinajstić information content (AvgIpc) is 3.08. The molecule has 0 aliphatic carbocycles. The molecule has 0 radical (unpaired) electrons. The van der Waals surface area contributed by atoms with E-state index in [2.05, 4.69) is 10.6 Å². The number of amides is 1. The molecule has 0 aromatic heterocycles. The highest BCUT2D eigenvalue weighted by molar-refractivity contribution is 5.83. The van der Waals surface area contributed by atoms with Crippen molar-refractivity contribution in [2.45, 2.75) is 38.5 Å². The Hall–Kier alpha value is -5.02. The first-order valence-electron chi connectivity index (χ1n) is 15.2. The van der Waals surface area contributed by atoms with Crippen LogP contribution < -0.4 is 29.6 Å². The summed E-state index contributed by atoms with van der Waals surface area (Å²) in [5.74, 6) is 1.46. The van der Waals surface area contributed by atoms with Crippen LogP contribution >= 0.6 is 0 Å². The molecule has 1 amide bonds. The predicted octanol–water partition coefficient (Wildman–Crippen LogP) is 5.46. The van der Waals surface area contributed by atoms with Gasteiger partial charge in [-0.25, -0.2) is 4.79 Å². The summed E-state index contributed by atoms with van der Waals surface area (Å²) in [6.45, 7) is 2.59. The number of hydrogen-bond donors (Lipinski definition) is 2. The van der Waals surface area contributed by atoms with Gasteiger partial charge in [-0.2, -0.15) is 0 Å². The third kappa shape index (κ3) is 9.49. The van der Waals surface area contributed by atoms with Crippen LogP contribution in [0.2, 0.25) is 0 Å². The van der Waals surface area contributed by atoms with Crippen molar-refractivity contribution in [2.75, 3.05) is 34.4 Å². The van der Waals surface area contributed by atoms with Crippen molar-refractivity contribution in [3.05, 3.63) is 119 Å². The largest absolute Gasteiger partial charge is 0.493 e. The van der Waals surface area contributed by atoms with Crippen molar-refractivity contribution in [3.8, 4) is 23.0 Å². The summed E-state index contributed by atoms with van der Waals surface area (Å²) in [6.07, 6.45) is 0.197. The van der Waals surface area contributed by atoms with Gasteiger partial charge in [0.05, 0.1) is 21.3 Å². The average molecular weight is 627 g/mol. The summed E-state index contributed by atoms with van der Waals surface area (Å²) in [5, 5.41) is 6.20. The van der Waals surface area contributed by atoms with Crippen LogP contribution in [0.4, 0.5) is 0 Å². The molecule has 4 aromatic rings. The van der Waals surface area contributed by atoms with Crippen LogP contribution in [0.5, 0.6) is 23.0 Å². The van der Waals surface area contributed by atoms with Gasteiger partial charge in [0.2, 0.25) is 11.7 Å². The Labute approximate surface area is 270 Å². The molecule has 0 heterocycles. The molecule has 9 heteroatoms. The first-order valence-corrected chi connectivity index (χ1v) is 15.2. The van der Waals surface area contributed by atoms with Crippen LogP contribution in [0.15, 0.2) is 97.1 Å². The Morgan fingerprint density at radius 1 is 0.717 bits per heavy atom. The SMILES string of the molecule is COc1ccc(CCNCC(OC(=O)[C@H](Cc2ccccc2)NC(C)=O)c2ccccc2OCc2ccccc2)c(OC)c1OC. The Morgan fingerprint density at radius 2 is 1.37 bits per heavy atom. The maximum Gasteiger partial charge on any atom is 0.329 e. The normalized spacial score (nSPS) is 12.0. The molecule has 242 valence electrons. The predicted molar refractivity (Wildman–Crippen MR) is 176 cm³/mol. The summed E-state index contributed by atoms with van der Waals surface area (Å²) in [4.78, 5) is 25.8. The number of esters is 1. The monoisotopic (exact) mass is 626 g/mol. The summed E-state index contributed by atoms with van der Waals surface area (Å²) >= 11 is 0. The van der Waals surface area contributed by atoms with Crippen molar-refractivity contribution in [1.82, 2.24) is 10.6 Å². The van der Waals surface area contributed by atoms with Gasteiger partial charge in [0.1, 0.15) is 24.5 Å². The number of benzene rings is 4. The molecule has 0 bridgehead atoms. The van der Waals surface area contributed by atoms with E-state index in [9.17, 15) is 9.59 Å². The molecule has 2 atom stereocenters. The van der Waals surface area contributed by atoms with E-state index >= 15 is 0 Å². The summed E-state index contributed by atoms with van der Waals surface area (Å²) in [6, 6.07) is 29.8.